The molecule has 142 valence electrons. The van der Waals surface area contributed by atoms with E-state index in [9.17, 15) is 10.1 Å². The zero-order chi connectivity index (χ0) is 19.4. The van der Waals surface area contributed by atoms with E-state index in [2.05, 4.69) is 33.8 Å². The Balaban J connectivity index is 1.41. The Labute approximate surface area is 161 Å². The van der Waals surface area contributed by atoms with Crippen molar-refractivity contribution < 1.29 is 14.1 Å². The van der Waals surface area contributed by atoms with Gasteiger partial charge in [-0.15, -0.1) is 0 Å². The molecule has 1 amide bonds. The van der Waals surface area contributed by atoms with Crippen molar-refractivity contribution in [2.24, 2.45) is 0 Å². The van der Waals surface area contributed by atoms with E-state index in [4.69, 9.17) is 9.31 Å². The van der Waals surface area contributed by atoms with Gasteiger partial charge in [0.15, 0.2) is 0 Å². The van der Waals surface area contributed by atoms with Crippen LogP contribution in [0.5, 0.6) is 0 Å². The number of benzene rings is 1. The molecule has 1 aromatic rings. The molecule has 2 saturated heterocycles. The van der Waals surface area contributed by atoms with Crippen molar-refractivity contribution in [2.75, 3.05) is 13.1 Å². The van der Waals surface area contributed by atoms with Gasteiger partial charge in [0, 0.05) is 24.5 Å². The number of hydrogen-bond acceptors (Lipinski definition) is 4. The quantitative estimate of drug-likeness (QED) is 0.768. The maximum Gasteiger partial charge on any atom is 0.463 e. The molecule has 4 rings (SSSR count). The fourth-order valence-corrected chi connectivity index (χ4v) is 3.98. The lowest BCUT2D eigenvalue weighted by molar-refractivity contribution is 0.00578. The van der Waals surface area contributed by atoms with Gasteiger partial charge in [0.05, 0.1) is 22.7 Å². The van der Waals surface area contributed by atoms with Crippen molar-refractivity contribution in [3.63, 3.8) is 0 Å². The van der Waals surface area contributed by atoms with E-state index in [1.54, 1.807) is 0 Å². The molecule has 0 bridgehead atoms. The van der Waals surface area contributed by atoms with Crippen molar-refractivity contribution in [3.8, 4) is 6.07 Å². The first kappa shape index (κ1) is 18.5. The Morgan fingerprint density at radius 1 is 1.15 bits per heavy atom. The standard InChI is InChI=1S/C21H27BN2O3/c1-19(2)20(3,4)27-22(26-19)17-9-12-24(13-17)18(25)15-5-7-16(8-6-15)21(14-23)10-11-21/h5-8,17H,9-13H2,1-4H3. The van der Waals surface area contributed by atoms with Crippen LogP contribution in [0.25, 0.3) is 0 Å². The summed E-state index contributed by atoms with van der Waals surface area (Å²) in [5, 5.41) is 9.32. The number of likely N-dealkylation sites (tertiary alicyclic amines) is 1. The summed E-state index contributed by atoms with van der Waals surface area (Å²) in [4.78, 5) is 14.8. The average Bonchev–Trinajstić information content (AvgIpc) is 3.21. The molecule has 2 aliphatic heterocycles. The predicted molar refractivity (Wildman–Crippen MR) is 103 cm³/mol. The van der Waals surface area contributed by atoms with Gasteiger partial charge in [0.2, 0.25) is 0 Å². The normalized spacial score (nSPS) is 27.4. The second kappa shape index (κ2) is 6.08. The molecule has 0 spiro atoms. The van der Waals surface area contributed by atoms with Crippen LogP contribution in [0.2, 0.25) is 5.82 Å². The Hall–Kier alpha value is -1.84. The molecule has 27 heavy (non-hydrogen) atoms. The molecule has 0 radical (unpaired) electrons. The smallest absolute Gasteiger partial charge is 0.403 e. The summed E-state index contributed by atoms with van der Waals surface area (Å²) in [5.41, 5.74) is 0.714. The lowest BCUT2D eigenvalue weighted by Gasteiger charge is -2.32. The summed E-state index contributed by atoms with van der Waals surface area (Å²) < 4.78 is 12.3. The van der Waals surface area contributed by atoms with Crippen LogP contribution in [0, 0.1) is 11.3 Å². The van der Waals surface area contributed by atoms with Crippen LogP contribution in [0.15, 0.2) is 24.3 Å². The molecule has 3 aliphatic rings. The summed E-state index contributed by atoms with van der Waals surface area (Å²) in [5.74, 6) is 0.241. The zero-order valence-electron chi connectivity index (χ0n) is 16.6. The lowest BCUT2D eigenvalue weighted by atomic mass is 9.71. The number of carbonyl (C=O) groups is 1. The predicted octanol–water partition coefficient (Wildman–Crippen LogP) is 3.55. The third-order valence-corrected chi connectivity index (χ3v) is 6.82. The maximum absolute atomic E-state index is 12.9. The van der Waals surface area contributed by atoms with Gasteiger partial charge < -0.3 is 14.2 Å². The van der Waals surface area contributed by atoms with Crippen LogP contribution in [0.3, 0.4) is 0 Å². The molecule has 2 heterocycles. The molecular weight excluding hydrogens is 339 g/mol. The van der Waals surface area contributed by atoms with Crippen molar-refractivity contribution in [3.05, 3.63) is 35.4 Å². The number of amides is 1. The maximum atomic E-state index is 12.9. The average molecular weight is 366 g/mol. The van der Waals surface area contributed by atoms with E-state index >= 15 is 0 Å². The fourth-order valence-electron chi connectivity index (χ4n) is 3.98. The number of rotatable bonds is 3. The highest BCUT2D eigenvalue weighted by atomic mass is 16.7. The van der Waals surface area contributed by atoms with Crippen LogP contribution < -0.4 is 0 Å². The number of nitrogens with zero attached hydrogens (tertiary/aromatic N) is 2. The van der Waals surface area contributed by atoms with Gasteiger partial charge in [-0.25, -0.2) is 0 Å². The van der Waals surface area contributed by atoms with Crippen molar-refractivity contribution in [1.29, 1.82) is 5.26 Å². The van der Waals surface area contributed by atoms with Crippen molar-refractivity contribution in [2.45, 2.75) is 69.4 Å². The van der Waals surface area contributed by atoms with Gasteiger partial charge in [-0.2, -0.15) is 5.26 Å². The summed E-state index contributed by atoms with van der Waals surface area (Å²) in [6, 6.07) is 9.99. The Kier molecular flexibility index (Phi) is 4.17. The number of carbonyl (C=O) groups excluding carboxylic acids is 1. The molecule has 1 aliphatic carbocycles. The van der Waals surface area contributed by atoms with Gasteiger partial charge in [0.25, 0.3) is 5.91 Å². The molecule has 1 unspecified atom stereocenters. The van der Waals surface area contributed by atoms with Crippen LogP contribution in [0.1, 0.15) is 62.9 Å². The monoisotopic (exact) mass is 366 g/mol. The van der Waals surface area contributed by atoms with Crippen molar-refractivity contribution >= 4 is 13.0 Å². The highest BCUT2D eigenvalue weighted by molar-refractivity contribution is 6.47. The molecule has 0 N–H and O–H groups in total. The number of hydrogen-bond donors (Lipinski definition) is 0. The SMILES string of the molecule is CC1(C)OB(C2CCN(C(=O)c3ccc(C4(C#N)CC4)cc3)C2)OC1(C)C. The first-order valence-electron chi connectivity index (χ1n) is 9.84. The lowest BCUT2D eigenvalue weighted by Crippen LogP contribution is -2.41. The molecule has 5 nitrogen and oxygen atoms in total. The van der Waals surface area contributed by atoms with Gasteiger partial charge in [-0.05, 0) is 64.7 Å². The topological polar surface area (TPSA) is 62.6 Å². The van der Waals surface area contributed by atoms with Crippen molar-refractivity contribution in [1.82, 2.24) is 4.90 Å². The van der Waals surface area contributed by atoms with Crippen LogP contribution >= 0.6 is 0 Å². The molecule has 1 saturated carbocycles. The molecular formula is C21H27BN2O3. The van der Waals surface area contributed by atoms with E-state index in [1.165, 1.54) is 0 Å². The Morgan fingerprint density at radius 2 is 1.74 bits per heavy atom. The molecule has 1 atom stereocenters. The minimum absolute atomic E-state index is 0.0439. The number of nitriles is 1. The minimum atomic E-state index is -0.343. The van der Waals surface area contributed by atoms with E-state index in [0.717, 1.165) is 31.4 Å². The summed E-state index contributed by atoms with van der Waals surface area (Å²) in [6.07, 6.45) is 2.72. The van der Waals surface area contributed by atoms with Crippen LogP contribution in [-0.2, 0) is 14.7 Å². The largest absolute Gasteiger partial charge is 0.463 e. The second-order valence-electron chi connectivity index (χ2n) is 9.20. The van der Waals surface area contributed by atoms with Gasteiger partial charge in [-0.3, -0.25) is 4.79 Å². The summed E-state index contributed by atoms with van der Waals surface area (Å²) >= 11 is 0. The van der Waals surface area contributed by atoms with E-state index in [1.807, 2.05) is 29.2 Å². The minimum Gasteiger partial charge on any atom is -0.403 e. The van der Waals surface area contributed by atoms with Crippen LogP contribution in [-0.4, -0.2) is 42.2 Å². The van der Waals surface area contributed by atoms with Crippen LogP contribution in [0.4, 0.5) is 0 Å². The highest BCUT2D eigenvalue weighted by Gasteiger charge is 2.54. The van der Waals surface area contributed by atoms with E-state index < -0.39 is 0 Å². The van der Waals surface area contributed by atoms with E-state index in [-0.39, 0.29) is 35.5 Å². The first-order chi connectivity index (χ1) is 12.7. The van der Waals surface area contributed by atoms with Gasteiger partial charge in [0.1, 0.15) is 0 Å². The van der Waals surface area contributed by atoms with Gasteiger partial charge >= 0.3 is 7.12 Å². The third kappa shape index (κ3) is 3.07. The second-order valence-corrected chi connectivity index (χ2v) is 9.20. The van der Waals surface area contributed by atoms with Gasteiger partial charge in [-0.1, -0.05) is 12.1 Å². The Bertz CT molecular complexity index is 777. The third-order valence-electron chi connectivity index (χ3n) is 6.82. The molecule has 1 aromatic carbocycles. The molecule has 6 heteroatoms. The summed E-state index contributed by atoms with van der Waals surface area (Å²) in [7, 11) is -0.263. The molecule has 3 fully saturated rings. The summed E-state index contributed by atoms with van der Waals surface area (Å²) in [6.45, 7) is 9.60. The first-order valence-corrected chi connectivity index (χ1v) is 9.84. The molecule has 0 aromatic heterocycles. The van der Waals surface area contributed by atoms with E-state index in [0.29, 0.717) is 12.1 Å². The zero-order valence-corrected chi connectivity index (χ0v) is 16.6. The fraction of sp³-hybridized carbons (Fsp3) is 0.619. The Morgan fingerprint density at radius 3 is 2.26 bits per heavy atom. The highest BCUT2D eigenvalue weighted by Crippen LogP contribution is 2.47.